The van der Waals surface area contributed by atoms with Gasteiger partial charge in [-0.3, -0.25) is 9.59 Å². The van der Waals surface area contributed by atoms with E-state index < -0.39 is 0 Å². The van der Waals surface area contributed by atoms with E-state index in [-0.39, 0.29) is 23.8 Å². The van der Waals surface area contributed by atoms with Crippen LogP contribution < -0.4 is 16.4 Å². The van der Waals surface area contributed by atoms with Crippen molar-refractivity contribution in [1.82, 2.24) is 0 Å². The van der Waals surface area contributed by atoms with Crippen LogP contribution in [0, 0.1) is 5.92 Å². The molecule has 0 saturated heterocycles. The van der Waals surface area contributed by atoms with Crippen molar-refractivity contribution in [2.45, 2.75) is 33.2 Å². The first-order valence-electron chi connectivity index (χ1n) is 6.51. The van der Waals surface area contributed by atoms with Gasteiger partial charge in [-0.2, -0.15) is 0 Å². The number of rotatable bonds is 5. The molecule has 110 valence electrons. The highest BCUT2D eigenvalue weighted by atomic mass is 35.5. The fourth-order valence-corrected chi connectivity index (χ4v) is 1.60. The van der Waals surface area contributed by atoms with Crippen molar-refractivity contribution in [1.29, 1.82) is 0 Å². The summed E-state index contributed by atoms with van der Waals surface area (Å²) in [5.41, 5.74) is 6.74. The van der Waals surface area contributed by atoms with Crippen molar-refractivity contribution in [2.24, 2.45) is 11.7 Å². The van der Waals surface area contributed by atoms with Gasteiger partial charge in [0, 0.05) is 18.2 Å². The van der Waals surface area contributed by atoms with Crippen LogP contribution in [0.1, 0.15) is 27.2 Å². The van der Waals surface area contributed by atoms with Crippen molar-refractivity contribution < 1.29 is 9.59 Å². The molecule has 2 unspecified atom stereocenters. The normalized spacial score (nSPS) is 13.4. The van der Waals surface area contributed by atoms with Crippen LogP contribution in [0.4, 0.5) is 11.4 Å². The minimum atomic E-state index is -0.333. The first-order valence-corrected chi connectivity index (χ1v) is 6.88. The summed E-state index contributed by atoms with van der Waals surface area (Å²) in [4.78, 5) is 23.3. The van der Waals surface area contributed by atoms with E-state index in [1.54, 1.807) is 39.0 Å². The molecule has 0 aromatic heterocycles. The predicted molar refractivity (Wildman–Crippen MR) is 81.8 cm³/mol. The van der Waals surface area contributed by atoms with Gasteiger partial charge in [-0.05, 0) is 25.1 Å². The molecule has 2 amide bonds. The monoisotopic (exact) mass is 297 g/mol. The molecule has 0 aliphatic rings. The third kappa shape index (κ3) is 4.51. The third-order valence-corrected chi connectivity index (χ3v) is 3.36. The van der Waals surface area contributed by atoms with Gasteiger partial charge in [-0.25, -0.2) is 0 Å². The molecule has 0 aliphatic carbocycles. The first kappa shape index (κ1) is 16.5. The van der Waals surface area contributed by atoms with Gasteiger partial charge in [0.05, 0.1) is 16.6 Å². The molecule has 0 bridgehead atoms. The van der Waals surface area contributed by atoms with Gasteiger partial charge >= 0.3 is 0 Å². The Morgan fingerprint density at radius 1 is 1.30 bits per heavy atom. The number of carbonyl (C=O) groups is 2. The Hall–Kier alpha value is -1.59. The molecule has 6 heteroatoms. The summed E-state index contributed by atoms with van der Waals surface area (Å²) >= 11 is 6.04. The Kier molecular flexibility index (Phi) is 5.98. The Morgan fingerprint density at radius 2 is 1.95 bits per heavy atom. The molecule has 20 heavy (non-hydrogen) atoms. The van der Waals surface area contributed by atoms with Gasteiger partial charge < -0.3 is 16.4 Å². The Balaban J connectivity index is 2.86. The number of hydrogen-bond donors (Lipinski definition) is 3. The van der Waals surface area contributed by atoms with Crippen LogP contribution in [-0.4, -0.2) is 17.9 Å². The number of benzene rings is 1. The van der Waals surface area contributed by atoms with E-state index in [4.69, 9.17) is 17.3 Å². The maximum atomic E-state index is 12.0. The molecular weight excluding hydrogens is 278 g/mol. The summed E-state index contributed by atoms with van der Waals surface area (Å²) in [6, 6.07) is 4.68. The van der Waals surface area contributed by atoms with Crippen LogP contribution in [0.2, 0.25) is 5.02 Å². The van der Waals surface area contributed by atoms with Crippen molar-refractivity contribution in [3.63, 3.8) is 0 Å². The lowest BCUT2D eigenvalue weighted by Crippen LogP contribution is -2.34. The fraction of sp³-hybridized carbons (Fsp3) is 0.429. The molecule has 5 nitrogen and oxygen atoms in total. The lowest BCUT2D eigenvalue weighted by atomic mass is 10.0. The minimum Gasteiger partial charge on any atom is -0.327 e. The quantitative estimate of drug-likeness (QED) is 0.781. The van der Waals surface area contributed by atoms with E-state index >= 15 is 0 Å². The van der Waals surface area contributed by atoms with Crippen molar-refractivity contribution in [3.05, 3.63) is 23.2 Å². The van der Waals surface area contributed by atoms with Crippen LogP contribution in [-0.2, 0) is 9.59 Å². The lowest BCUT2D eigenvalue weighted by molar-refractivity contribution is -0.119. The van der Waals surface area contributed by atoms with Crippen LogP contribution in [0.3, 0.4) is 0 Å². The summed E-state index contributed by atoms with van der Waals surface area (Å²) in [5.74, 6) is -0.644. The molecule has 0 heterocycles. The Morgan fingerprint density at radius 3 is 2.50 bits per heavy atom. The maximum absolute atomic E-state index is 12.0. The van der Waals surface area contributed by atoms with Crippen molar-refractivity contribution in [3.8, 4) is 0 Å². The summed E-state index contributed by atoms with van der Waals surface area (Å²) in [5, 5.41) is 5.84. The number of nitrogens with one attached hydrogen (secondary N) is 2. The van der Waals surface area contributed by atoms with Crippen LogP contribution in [0.25, 0.3) is 0 Å². The summed E-state index contributed by atoms with van der Waals surface area (Å²) in [7, 11) is 0. The van der Waals surface area contributed by atoms with Gasteiger partial charge in [0.25, 0.3) is 0 Å². The minimum absolute atomic E-state index is 0.103. The smallest absolute Gasteiger partial charge is 0.228 e. The van der Waals surface area contributed by atoms with Crippen molar-refractivity contribution in [2.75, 3.05) is 10.6 Å². The number of hydrogen-bond acceptors (Lipinski definition) is 3. The first-order chi connectivity index (χ1) is 9.35. The maximum Gasteiger partial charge on any atom is 0.228 e. The topological polar surface area (TPSA) is 84.2 Å². The highest BCUT2D eigenvalue weighted by Gasteiger charge is 2.18. The number of carbonyl (C=O) groups excluding carboxylic acids is 2. The van der Waals surface area contributed by atoms with E-state index in [1.165, 1.54) is 0 Å². The molecular formula is C14H20ClN3O2. The van der Waals surface area contributed by atoms with E-state index in [0.29, 0.717) is 22.8 Å². The molecule has 1 rings (SSSR count). The average molecular weight is 298 g/mol. The number of halogens is 1. The fourth-order valence-electron chi connectivity index (χ4n) is 1.43. The molecule has 2 atom stereocenters. The van der Waals surface area contributed by atoms with Crippen LogP contribution >= 0.6 is 11.6 Å². The number of nitrogens with two attached hydrogens (primary N) is 1. The Labute approximate surface area is 123 Å². The van der Waals surface area contributed by atoms with Gasteiger partial charge in [-0.1, -0.05) is 25.4 Å². The summed E-state index contributed by atoms with van der Waals surface area (Å²) < 4.78 is 0. The zero-order valence-corrected chi connectivity index (χ0v) is 12.6. The SMILES string of the molecule is CCC(=O)Nc1ccc(Cl)c(NC(=O)C(C)C(C)N)c1. The van der Waals surface area contributed by atoms with Gasteiger partial charge in [0.2, 0.25) is 11.8 Å². The van der Waals surface area contributed by atoms with E-state index in [1.807, 2.05) is 0 Å². The molecule has 4 N–H and O–H groups in total. The second-order valence-corrected chi connectivity index (χ2v) is 5.14. The second-order valence-electron chi connectivity index (χ2n) is 4.73. The highest BCUT2D eigenvalue weighted by Crippen LogP contribution is 2.26. The van der Waals surface area contributed by atoms with Crippen LogP contribution in [0.15, 0.2) is 18.2 Å². The van der Waals surface area contributed by atoms with Gasteiger partial charge in [0.1, 0.15) is 0 Å². The standard InChI is InChI=1S/C14H20ClN3O2/c1-4-13(19)17-10-5-6-11(15)12(7-10)18-14(20)8(2)9(3)16/h5-9H,4,16H2,1-3H3,(H,17,19)(H,18,20). The zero-order chi connectivity index (χ0) is 15.3. The second kappa shape index (κ2) is 7.26. The molecule has 0 radical (unpaired) electrons. The van der Waals surface area contributed by atoms with E-state index in [9.17, 15) is 9.59 Å². The zero-order valence-electron chi connectivity index (χ0n) is 11.9. The average Bonchev–Trinajstić information content (AvgIpc) is 2.41. The molecule has 1 aromatic rings. The third-order valence-electron chi connectivity index (χ3n) is 3.03. The van der Waals surface area contributed by atoms with Gasteiger partial charge in [0.15, 0.2) is 0 Å². The van der Waals surface area contributed by atoms with Crippen molar-refractivity contribution >= 4 is 34.8 Å². The largest absolute Gasteiger partial charge is 0.327 e. The molecule has 0 aliphatic heterocycles. The number of anilines is 2. The van der Waals surface area contributed by atoms with Crippen LogP contribution in [0.5, 0.6) is 0 Å². The molecule has 1 aromatic carbocycles. The lowest BCUT2D eigenvalue weighted by Gasteiger charge is -2.16. The molecule has 0 saturated carbocycles. The highest BCUT2D eigenvalue weighted by molar-refractivity contribution is 6.33. The predicted octanol–water partition coefficient (Wildman–Crippen LogP) is 2.61. The molecule has 0 spiro atoms. The van der Waals surface area contributed by atoms with E-state index in [0.717, 1.165) is 0 Å². The summed E-state index contributed by atoms with van der Waals surface area (Å²) in [6.07, 6.45) is 0.381. The Bertz CT molecular complexity index is 503. The number of amides is 2. The molecule has 0 fully saturated rings. The van der Waals surface area contributed by atoms with E-state index in [2.05, 4.69) is 10.6 Å². The van der Waals surface area contributed by atoms with Gasteiger partial charge in [-0.15, -0.1) is 0 Å². The summed E-state index contributed by atoms with van der Waals surface area (Å²) in [6.45, 7) is 5.28.